The Labute approximate surface area is 152 Å². The van der Waals surface area contributed by atoms with E-state index in [1.54, 1.807) is 36.4 Å². The molecule has 0 unspecified atom stereocenters. The molecule has 0 saturated carbocycles. The van der Waals surface area contributed by atoms with Crippen LogP contribution < -0.4 is 5.43 Å². The normalized spacial score (nSPS) is 15.9. The van der Waals surface area contributed by atoms with E-state index in [1.807, 2.05) is 6.07 Å². The van der Waals surface area contributed by atoms with Crippen molar-refractivity contribution in [2.45, 2.75) is 0 Å². The van der Waals surface area contributed by atoms with Gasteiger partial charge in [0.05, 0.1) is 4.91 Å². The smallest absolute Gasteiger partial charge is 0.267 e. The molecule has 1 aliphatic rings. The van der Waals surface area contributed by atoms with Gasteiger partial charge in [-0.25, -0.2) is 0 Å². The van der Waals surface area contributed by atoms with Gasteiger partial charge in [-0.05, 0) is 42.1 Å². The van der Waals surface area contributed by atoms with Crippen molar-refractivity contribution in [3.63, 3.8) is 0 Å². The molecule has 0 radical (unpaired) electrons. The van der Waals surface area contributed by atoms with Crippen molar-refractivity contribution in [1.82, 2.24) is 15.4 Å². The zero-order valence-electron chi connectivity index (χ0n) is 12.1. The van der Waals surface area contributed by atoms with Gasteiger partial charge in [0.2, 0.25) is 0 Å². The fourth-order valence-corrected chi connectivity index (χ4v) is 3.33. The predicted octanol–water partition coefficient (Wildman–Crippen LogP) is 3.28. The van der Waals surface area contributed by atoms with E-state index in [0.717, 1.165) is 16.8 Å². The van der Waals surface area contributed by atoms with Crippen molar-refractivity contribution in [1.29, 1.82) is 0 Å². The number of amides is 2. The first kappa shape index (κ1) is 16.6. The van der Waals surface area contributed by atoms with E-state index in [4.69, 9.17) is 23.8 Å². The number of thioether (sulfide) groups is 1. The third-order valence-electron chi connectivity index (χ3n) is 3.14. The number of nitrogens with one attached hydrogen (secondary N) is 1. The maximum absolute atomic E-state index is 12.5. The molecule has 3 rings (SSSR count). The second kappa shape index (κ2) is 7.12. The second-order valence-electron chi connectivity index (χ2n) is 4.72. The van der Waals surface area contributed by atoms with Crippen LogP contribution in [0.4, 0.5) is 0 Å². The number of pyridine rings is 1. The highest BCUT2D eigenvalue weighted by molar-refractivity contribution is 8.26. The second-order valence-corrected chi connectivity index (χ2v) is 6.80. The molecular formula is C16H10ClN3O2S2. The number of hydrogen-bond donors (Lipinski definition) is 1. The molecule has 1 saturated heterocycles. The van der Waals surface area contributed by atoms with Crippen molar-refractivity contribution in [2.75, 3.05) is 0 Å². The van der Waals surface area contributed by atoms with E-state index in [0.29, 0.717) is 21.1 Å². The van der Waals surface area contributed by atoms with Crippen LogP contribution in [0.25, 0.3) is 6.08 Å². The summed E-state index contributed by atoms with van der Waals surface area (Å²) in [4.78, 5) is 28.9. The van der Waals surface area contributed by atoms with Gasteiger partial charge < -0.3 is 0 Å². The largest absolute Gasteiger partial charge is 0.285 e. The predicted molar refractivity (Wildman–Crippen MR) is 98.2 cm³/mol. The van der Waals surface area contributed by atoms with Crippen LogP contribution in [0.3, 0.4) is 0 Å². The molecule has 8 heteroatoms. The Morgan fingerprint density at radius 2 is 1.96 bits per heavy atom. The van der Waals surface area contributed by atoms with Crippen molar-refractivity contribution in [3.8, 4) is 0 Å². The monoisotopic (exact) mass is 375 g/mol. The van der Waals surface area contributed by atoms with Crippen LogP contribution >= 0.6 is 35.6 Å². The summed E-state index contributed by atoms with van der Waals surface area (Å²) >= 11 is 12.4. The topological polar surface area (TPSA) is 62.3 Å². The summed E-state index contributed by atoms with van der Waals surface area (Å²) in [6, 6.07) is 10.3. The van der Waals surface area contributed by atoms with Gasteiger partial charge in [0.1, 0.15) is 0 Å². The Kier molecular flexibility index (Phi) is 4.94. The lowest BCUT2D eigenvalue weighted by Gasteiger charge is -2.15. The lowest BCUT2D eigenvalue weighted by Crippen LogP contribution is -2.44. The zero-order chi connectivity index (χ0) is 17.1. The average Bonchev–Trinajstić information content (AvgIpc) is 2.85. The van der Waals surface area contributed by atoms with Gasteiger partial charge in [0.25, 0.3) is 11.8 Å². The van der Waals surface area contributed by atoms with Crippen LogP contribution in [0, 0.1) is 0 Å². The van der Waals surface area contributed by atoms with Gasteiger partial charge in [-0.2, -0.15) is 5.01 Å². The van der Waals surface area contributed by atoms with Crippen LogP contribution in [-0.4, -0.2) is 26.1 Å². The van der Waals surface area contributed by atoms with Crippen molar-refractivity contribution in [2.24, 2.45) is 0 Å². The molecule has 1 aromatic heterocycles. The fourth-order valence-electron chi connectivity index (χ4n) is 1.97. The molecule has 0 bridgehead atoms. The van der Waals surface area contributed by atoms with E-state index in [9.17, 15) is 9.59 Å². The Bertz CT molecular complexity index is 855. The number of carbonyl (C=O) groups is 2. The molecule has 2 amide bonds. The summed E-state index contributed by atoms with van der Waals surface area (Å²) in [6.45, 7) is 0. The van der Waals surface area contributed by atoms with Crippen LogP contribution in [0.2, 0.25) is 5.02 Å². The summed E-state index contributed by atoms with van der Waals surface area (Å²) in [5, 5.41) is 1.59. The molecule has 1 aliphatic heterocycles. The Morgan fingerprint density at radius 3 is 2.67 bits per heavy atom. The Balaban J connectivity index is 1.80. The first-order valence-corrected chi connectivity index (χ1v) is 8.40. The third kappa shape index (κ3) is 3.48. The number of thiocarbonyl (C=S) groups is 1. The SMILES string of the molecule is O=C(NN1C(=O)/C(=C\c2ccccc2Cl)SC1=S)c1ccncc1. The quantitative estimate of drug-likeness (QED) is 0.659. The van der Waals surface area contributed by atoms with Gasteiger partial charge >= 0.3 is 0 Å². The van der Waals surface area contributed by atoms with Gasteiger partial charge in [0, 0.05) is 23.0 Å². The number of nitrogens with zero attached hydrogens (tertiary/aromatic N) is 2. The minimum absolute atomic E-state index is 0.251. The van der Waals surface area contributed by atoms with Crippen molar-refractivity contribution >= 4 is 57.8 Å². The maximum Gasteiger partial charge on any atom is 0.285 e. The highest BCUT2D eigenvalue weighted by Gasteiger charge is 2.33. The van der Waals surface area contributed by atoms with Gasteiger partial charge in [0.15, 0.2) is 4.32 Å². The van der Waals surface area contributed by atoms with E-state index >= 15 is 0 Å². The number of aromatic nitrogens is 1. The molecule has 0 atom stereocenters. The van der Waals surface area contributed by atoms with E-state index in [-0.39, 0.29) is 4.32 Å². The number of benzene rings is 1. The summed E-state index contributed by atoms with van der Waals surface area (Å²) in [5.41, 5.74) is 3.60. The van der Waals surface area contributed by atoms with Crippen molar-refractivity contribution in [3.05, 3.63) is 69.8 Å². The molecule has 24 heavy (non-hydrogen) atoms. The van der Waals surface area contributed by atoms with Gasteiger partial charge in [-0.3, -0.25) is 20.0 Å². The number of carbonyl (C=O) groups excluding carboxylic acids is 2. The van der Waals surface area contributed by atoms with Crippen LogP contribution in [0.1, 0.15) is 15.9 Å². The third-order valence-corrected chi connectivity index (χ3v) is 4.79. The Morgan fingerprint density at radius 1 is 1.25 bits per heavy atom. The van der Waals surface area contributed by atoms with E-state index < -0.39 is 11.8 Å². The molecule has 1 fully saturated rings. The molecule has 0 aliphatic carbocycles. The first-order chi connectivity index (χ1) is 11.6. The highest BCUT2D eigenvalue weighted by atomic mass is 35.5. The molecular weight excluding hydrogens is 366 g/mol. The van der Waals surface area contributed by atoms with Crippen molar-refractivity contribution < 1.29 is 9.59 Å². The van der Waals surface area contributed by atoms with E-state index in [1.165, 1.54) is 12.4 Å². The lowest BCUT2D eigenvalue weighted by atomic mass is 10.2. The molecule has 2 aromatic rings. The molecule has 2 heterocycles. The first-order valence-electron chi connectivity index (χ1n) is 6.80. The summed E-state index contributed by atoms with van der Waals surface area (Å²) < 4.78 is 0.251. The van der Waals surface area contributed by atoms with Gasteiger partial charge in [-0.1, -0.05) is 41.6 Å². The summed E-state index contributed by atoms with van der Waals surface area (Å²) in [7, 11) is 0. The average molecular weight is 376 g/mol. The summed E-state index contributed by atoms with van der Waals surface area (Å²) in [5.74, 6) is -0.833. The van der Waals surface area contributed by atoms with Crippen LogP contribution in [-0.2, 0) is 4.79 Å². The molecule has 120 valence electrons. The fraction of sp³-hybridized carbons (Fsp3) is 0. The standard InChI is InChI=1S/C16H10ClN3O2S2/c17-12-4-2-1-3-11(12)9-13-15(22)20(16(23)24-13)19-14(21)10-5-7-18-8-6-10/h1-9H,(H,19,21)/b13-9+. The number of hydrogen-bond acceptors (Lipinski definition) is 5. The van der Waals surface area contributed by atoms with Crippen LogP contribution in [0.5, 0.6) is 0 Å². The van der Waals surface area contributed by atoms with E-state index in [2.05, 4.69) is 10.4 Å². The molecule has 0 spiro atoms. The molecule has 1 N–H and O–H groups in total. The number of rotatable bonds is 3. The maximum atomic E-state index is 12.5. The zero-order valence-corrected chi connectivity index (χ0v) is 14.5. The lowest BCUT2D eigenvalue weighted by molar-refractivity contribution is -0.123. The highest BCUT2D eigenvalue weighted by Crippen LogP contribution is 2.32. The molecule has 5 nitrogen and oxygen atoms in total. The minimum Gasteiger partial charge on any atom is -0.267 e. The number of halogens is 1. The minimum atomic E-state index is -0.437. The number of hydrazine groups is 1. The summed E-state index contributed by atoms with van der Waals surface area (Å²) in [6.07, 6.45) is 4.65. The Hall–Kier alpha value is -2.22. The molecule has 1 aromatic carbocycles. The van der Waals surface area contributed by atoms with Crippen LogP contribution in [0.15, 0.2) is 53.7 Å². The van der Waals surface area contributed by atoms with Gasteiger partial charge in [-0.15, -0.1) is 0 Å².